The van der Waals surface area contributed by atoms with Gasteiger partial charge in [-0.25, -0.2) is 4.98 Å². The number of aromatic amines is 1. The van der Waals surface area contributed by atoms with Crippen molar-refractivity contribution < 1.29 is 18.0 Å². The van der Waals surface area contributed by atoms with E-state index in [9.17, 15) is 22.8 Å². The molecule has 1 N–H and O–H groups in total. The highest BCUT2D eigenvalue weighted by atomic mass is 19.4. The summed E-state index contributed by atoms with van der Waals surface area (Å²) in [5.74, 6) is -0.551. The van der Waals surface area contributed by atoms with Crippen LogP contribution < -0.4 is 5.56 Å². The minimum atomic E-state index is -4.46. The topological polar surface area (TPSA) is 75.7 Å². The van der Waals surface area contributed by atoms with Crippen LogP contribution in [0.2, 0.25) is 0 Å². The zero-order valence-electron chi connectivity index (χ0n) is 14.8. The number of nitrogens with one attached hydrogen (secondary N) is 1. The molecule has 5 nitrogen and oxygen atoms in total. The Morgan fingerprint density at radius 3 is 2.46 bits per heavy atom. The first-order valence-electron chi connectivity index (χ1n) is 8.47. The van der Waals surface area contributed by atoms with Crippen molar-refractivity contribution in [2.24, 2.45) is 0 Å². The summed E-state index contributed by atoms with van der Waals surface area (Å²) in [4.78, 5) is 35.1. The summed E-state index contributed by atoms with van der Waals surface area (Å²) in [6, 6.07) is 12.2. The maximum atomic E-state index is 12.6. The van der Waals surface area contributed by atoms with Gasteiger partial charge in [-0.1, -0.05) is 37.3 Å². The number of pyridine rings is 1. The lowest BCUT2D eigenvalue weighted by Gasteiger charge is -2.12. The molecule has 0 spiro atoms. The van der Waals surface area contributed by atoms with Crippen LogP contribution in [0.3, 0.4) is 0 Å². The van der Waals surface area contributed by atoms with Gasteiger partial charge in [-0.3, -0.25) is 14.6 Å². The van der Waals surface area contributed by atoms with Crippen LogP contribution in [0.25, 0.3) is 11.4 Å². The van der Waals surface area contributed by atoms with Crippen molar-refractivity contribution in [3.8, 4) is 11.4 Å². The van der Waals surface area contributed by atoms with Crippen LogP contribution in [0.5, 0.6) is 0 Å². The number of halogens is 3. The number of Topliss-reactive ketones (excluding diaryl/α,β-unsaturated/α-hetero) is 1. The summed E-state index contributed by atoms with van der Waals surface area (Å²) in [5, 5.41) is 0. The van der Waals surface area contributed by atoms with Crippen molar-refractivity contribution in [1.29, 1.82) is 0 Å². The number of benzene rings is 1. The largest absolute Gasteiger partial charge is 0.417 e. The highest BCUT2D eigenvalue weighted by molar-refractivity contribution is 5.95. The van der Waals surface area contributed by atoms with E-state index in [2.05, 4.69) is 15.0 Å². The second-order valence-corrected chi connectivity index (χ2v) is 6.34. The monoisotopic (exact) mass is 387 g/mol. The molecule has 0 saturated heterocycles. The van der Waals surface area contributed by atoms with E-state index in [0.717, 1.165) is 18.3 Å². The number of hydrogen-bond donors (Lipinski definition) is 1. The third-order valence-electron chi connectivity index (χ3n) is 4.18. The number of hydrogen-bond acceptors (Lipinski definition) is 4. The minimum Gasteiger partial charge on any atom is -0.306 e. The molecular formula is C20H16F3N3O2. The molecule has 3 aromatic rings. The molecule has 0 amide bonds. The van der Waals surface area contributed by atoms with Gasteiger partial charge in [0.25, 0.3) is 5.56 Å². The van der Waals surface area contributed by atoms with Gasteiger partial charge in [-0.05, 0) is 12.1 Å². The fraction of sp³-hybridized carbons (Fsp3) is 0.200. The molecule has 0 radical (unpaired) electrons. The number of alkyl halides is 3. The number of ketones is 1. The molecule has 144 valence electrons. The molecule has 1 aromatic carbocycles. The number of rotatable bonds is 5. The van der Waals surface area contributed by atoms with E-state index in [1.54, 1.807) is 31.2 Å². The fourth-order valence-electron chi connectivity index (χ4n) is 2.68. The van der Waals surface area contributed by atoms with E-state index in [4.69, 9.17) is 0 Å². The maximum Gasteiger partial charge on any atom is 0.417 e. The molecule has 2 aromatic heterocycles. The Labute approximate surface area is 158 Å². The Morgan fingerprint density at radius 2 is 1.86 bits per heavy atom. The van der Waals surface area contributed by atoms with Gasteiger partial charge in [0.1, 0.15) is 11.5 Å². The summed E-state index contributed by atoms with van der Waals surface area (Å²) >= 11 is 0. The van der Waals surface area contributed by atoms with E-state index in [-0.39, 0.29) is 17.9 Å². The molecule has 0 aliphatic rings. The van der Waals surface area contributed by atoms with Gasteiger partial charge in [0.05, 0.1) is 5.56 Å². The third-order valence-corrected chi connectivity index (χ3v) is 4.18. The van der Waals surface area contributed by atoms with E-state index in [0.29, 0.717) is 11.3 Å². The van der Waals surface area contributed by atoms with E-state index in [1.807, 2.05) is 6.07 Å². The van der Waals surface area contributed by atoms with Crippen molar-refractivity contribution in [2.75, 3.05) is 0 Å². The summed E-state index contributed by atoms with van der Waals surface area (Å²) in [7, 11) is 0. The fourth-order valence-corrected chi connectivity index (χ4v) is 2.68. The maximum absolute atomic E-state index is 12.6. The SMILES string of the molecule is CC(CC(=O)c1cc(=O)[nH]c(-c2ccccc2)n1)c1ccc(C(F)(F)F)cn1. The normalized spacial score (nSPS) is 12.6. The molecule has 2 heterocycles. The van der Waals surface area contributed by atoms with Crippen LogP contribution in [-0.4, -0.2) is 20.7 Å². The molecule has 28 heavy (non-hydrogen) atoms. The van der Waals surface area contributed by atoms with Crippen LogP contribution in [-0.2, 0) is 6.18 Å². The molecule has 3 rings (SSSR count). The lowest BCUT2D eigenvalue weighted by molar-refractivity contribution is -0.137. The number of aromatic nitrogens is 3. The Balaban J connectivity index is 1.79. The van der Waals surface area contributed by atoms with E-state index < -0.39 is 29.0 Å². The smallest absolute Gasteiger partial charge is 0.306 e. The van der Waals surface area contributed by atoms with Gasteiger partial charge in [-0.2, -0.15) is 13.2 Å². The Hall–Kier alpha value is -3.29. The van der Waals surface area contributed by atoms with Crippen molar-refractivity contribution in [3.05, 3.63) is 82.0 Å². The van der Waals surface area contributed by atoms with Crippen LogP contribution in [0.1, 0.15) is 41.0 Å². The quantitative estimate of drug-likeness (QED) is 0.665. The second kappa shape index (κ2) is 7.75. The first-order chi connectivity index (χ1) is 13.2. The van der Waals surface area contributed by atoms with Gasteiger partial charge < -0.3 is 4.98 Å². The number of carbonyl (C=O) groups is 1. The molecular weight excluding hydrogens is 371 g/mol. The third kappa shape index (κ3) is 4.51. The minimum absolute atomic E-state index is 0.00126. The Kier molecular flexibility index (Phi) is 5.39. The first kappa shape index (κ1) is 19.5. The van der Waals surface area contributed by atoms with Crippen molar-refractivity contribution in [1.82, 2.24) is 15.0 Å². The van der Waals surface area contributed by atoms with Crippen LogP contribution in [0.15, 0.2) is 59.5 Å². The highest BCUT2D eigenvalue weighted by Crippen LogP contribution is 2.29. The molecule has 0 fully saturated rings. The van der Waals surface area contributed by atoms with Crippen LogP contribution in [0.4, 0.5) is 13.2 Å². The molecule has 0 saturated carbocycles. The average Bonchev–Trinajstić information content (AvgIpc) is 2.67. The first-order valence-corrected chi connectivity index (χ1v) is 8.47. The van der Waals surface area contributed by atoms with Crippen molar-refractivity contribution >= 4 is 5.78 Å². The van der Waals surface area contributed by atoms with Crippen LogP contribution in [0, 0.1) is 0 Å². The van der Waals surface area contributed by atoms with Crippen molar-refractivity contribution in [3.63, 3.8) is 0 Å². The summed E-state index contributed by atoms with van der Waals surface area (Å²) in [6.45, 7) is 1.68. The summed E-state index contributed by atoms with van der Waals surface area (Å²) in [6.07, 6.45) is -3.76. The lowest BCUT2D eigenvalue weighted by Crippen LogP contribution is -2.15. The molecule has 8 heteroatoms. The molecule has 0 bridgehead atoms. The number of carbonyl (C=O) groups excluding carboxylic acids is 1. The van der Waals surface area contributed by atoms with Gasteiger partial charge >= 0.3 is 6.18 Å². The van der Waals surface area contributed by atoms with Gasteiger partial charge in [-0.15, -0.1) is 0 Å². The molecule has 1 atom stereocenters. The predicted octanol–water partition coefficient (Wildman–Crippen LogP) is 4.23. The molecule has 0 aliphatic carbocycles. The predicted molar refractivity (Wildman–Crippen MR) is 96.9 cm³/mol. The average molecular weight is 387 g/mol. The van der Waals surface area contributed by atoms with E-state index in [1.165, 1.54) is 6.07 Å². The van der Waals surface area contributed by atoms with Crippen molar-refractivity contribution in [2.45, 2.75) is 25.4 Å². The zero-order chi connectivity index (χ0) is 20.3. The summed E-state index contributed by atoms with van der Waals surface area (Å²) in [5.41, 5.74) is -0.293. The van der Waals surface area contributed by atoms with Crippen LogP contribution >= 0.6 is 0 Å². The van der Waals surface area contributed by atoms with E-state index >= 15 is 0 Å². The Bertz CT molecular complexity index is 1030. The summed E-state index contributed by atoms with van der Waals surface area (Å²) < 4.78 is 37.9. The molecule has 1 unspecified atom stereocenters. The van der Waals surface area contributed by atoms with Gasteiger partial charge in [0.15, 0.2) is 5.78 Å². The second-order valence-electron chi connectivity index (χ2n) is 6.34. The van der Waals surface area contributed by atoms with Gasteiger partial charge in [0.2, 0.25) is 0 Å². The number of nitrogens with zero attached hydrogens (tertiary/aromatic N) is 2. The highest BCUT2D eigenvalue weighted by Gasteiger charge is 2.31. The van der Waals surface area contributed by atoms with Gasteiger partial charge in [0, 0.05) is 35.9 Å². The number of H-pyrrole nitrogens is 1. The zero-order valence-corrected chi connectivity index (χ0v) is 14.8. The molecule has 0 aliphatic heterocycles. The lowest BCUT2D eigenvalue weighted by atomic mass is 9.98. The Morgan fingerprint density at radius 1 is 1.14 bits per heavy atom. The standard InChI is InChI=1S/C20H16F3N3O2/c1-12(15-8-7-14(11-24-15)20(21,22)23)9-17(27)16-10-18(28)26-19(25-16)13-5-3-2-4-6-13/h2-8,10-12H,9H2,1H3,(H,25,26,28).